The van der Waals surface area contributed by atoms with Gasteiger partial charge in [0.2, 0.25) is 0 Å². The second-order valence-electron chi connectivity index (χ2n) is 5.85. The molecule has 2 rings (SSSR count). The summed E-state index contributed by atoms with van der Waals surface area (Å²) in [6.07, 6.45) is 0.682. The van der Waals surface area contributed by atoms with E-state index in [9.17, 15) is 14.4 Å². The van der Waals surface area contributed by atoms with Gasteiger partial charge in [-0.3, -0.25) is 9.59 Å². The Balaban J connectivity index is 1.78. The molecule has 1 aromatic carbocycles. The SMILES string of the molecule is CC[C@@H](C)[C@H](NC(=O)COC(=O)CSc1nc2ccccc2o1)C(=O)OC. The minimum absolute atomic E-state index is 0.0497. The van der Waals surface area contributed by atoms with E-state index in [4.69, 9.17) is 13.9 Å². The summed E-state index contributed by atoms with van der Waals surface area (Å²) < 4.78 is 15.1. The number of carbonyl (C=O) groups excluding carboxylic acids is 3. The number of nitrogens with zero attached hydrogens (tertiary/aromatic N) is 1. The molecular weight excluding hydrogens is 372 g/mol. The van der Waals surface area contributed by atoms with Crippen LogP contribution in [0.3, 0.4) is 0 Å². The maximum Gasteiger partial charge on any atom is 0.328 e. The van der Waals surface area contributed by atoms with E-state index >= 15 is 0 Å². The maximum absolute atomic E-state index is 12.0. The number of hydrogen-bond acceptors (Lipinski definition) is 8. The van der Waals surface area contributed by atoms with Crippen molar-refractivity contribution in [2.45, 2.75) is 31.5 Å². The van der Waals surface area contributed by atoms with Gasteiger partial charge in [-0.25, -0.2) is 9.78 Å². The van der Waals surface area contributed by atoms with Crippen molar-refractivity contribution in [3.8, 4) is 0 Å². The topological polar surface area (TPSA) is 108 Å². The Morgan fingerprint density at radius 2 is 2.04 bits per heavy atom. The van der Waals surface area contributed by atoms with Crippen molar-refractivity contribution >= 4 is 40.7 Å². The van der Waals surface area contributed by atoms with Crippen LogP contribution in [0.5, 0.6) is 0 Å². The molecule has 9 heteroatoms. The largest absolute Gasteiger partial charge is 0.467 e. The summed E-state index contributed by atoms with van der Waals surface area (Å²) in [6.45, 7) is 3.25. The molecule has 0 unspecified atom stereocenters. The van der Waals surface area contributed by atoms with Crippen molar-refractivity contribution in [2.75, 3.05) is 19.5 Å². The van der Waals surface area contributed by atoms with E-state index in [1.807, 2.05) is 26.0 Å². The van der Waals surface area contributed by atoms with Gasteiger partial charge in [0.05, 0.1) is 7.11 Å². The molecule has 1 amide bonds. The molecule has 0 radical (unpaired) electrons. The van der Waals surface area contributed by atoms with Gasteiger partial charge in [-0.05, 0) is 18.1 Å². The molecule has 27 heavy (non-hydrogen) atoms. The number of para-hydroxylation sites is 2. The van der Waals surface area contributed by atoms with Crippen LogP contribution < -0.4 is 5.32 Å². The smallest absolute Gasteiger partial charge is 0.328 e. The van der Waals surface area contributed by atoms with Crippen LogP contribution in [0.4, 0.5) is 0 Å². The number of benzene rings is 1. The molecule has 0 saturated carbocycles. The fourth-order valence-corrected chi connectivity index (χ4v) is 2.87. The number of oxazole rings is 1. The zero-order valence-corrected chi connectivity index (χ0v) is 16.2. The van der Waals surface area contributed by atoms with Gasteiger partial charge in [0.1, 0.15) is 17.3 Å². The van der Waals surface area contributed by atoms with E-state index in [2.05, 4.69) is 10.3 Å². The molecule has 1 heterocycles. The van der Waals surface area contributed by atoms with E-state index in [0.717, 1.165) is 11.8 Å². The van der Waals surface area contributed by atoms with Gasteiger partial charge >= 0.3 is 11.9 Å². The molecule has 0 aliphatic carbocycles. The molecule has 0 bridgehead atoms. The second-order valence-corrected chi connectivity index (χ2v) is 6.78. The predicted octanol–water partition coefficient (Wildman–Crippen LogP) is 2.17. The van der Waals surface area contributed by atoms with Crippen molar-refractivity contribution in [1.29, 1.82) is 0 Å². The number of carbonyl (C=O) groups is 3. The lowest BCUT2D eigenvalue weighted by molar-refractivity contribution is -0.149. The molecule has 0 fully saturated rings. The minimum Gasteiger partial charge on any atom is -0.467 e. The number of ether oxygens (including phenoxy) is 2. The summed E-state index contributed by atoms with van der Waals surface area (Å²) in [5, 5.41) is 2.88. The lowest BCUT2D eigenvalue weighted by Gasteiger charge is -2.21. The Kier molecular flexibility index (Phi) is 7.66. The summed E-state index contributed by atoms with van der Waals surface area (Å²) in [4.78, 5) is 39.8. The summed E-state index contributed by atoms with van der Waals surface area (Å²) in [5.41, 5.74) is 1.33. The number of thioether (sulfide) groups is 1. The molecule has 146 valence electrons. The van der Waals surface area contributed by atoms with Crippen LogP contribution in [0.25, 0.3) is 11.1 Å². The third kappa shape index (κ3) is 5.99. The lowest BCUT2D eigenvalue weighted by Crippen LogP contribution is -2.47. The number of methoxy groups -OCH3 is 1. The van der Waals surface area contributed by atoms with Gasteiger partial charge in [0, 0.05) is 0 Å². The lowest BCUT2D eigenvalue weighted by atomic mass is 9.99. The number of nitrogens with one attached hydrogen (secondary N) is 1. The van der Waals surface area contributed by atoms with Crippen LogP contribution in [-0.4, -0.2) is 48.3 Å². The average molecular weight is 394 g/mol. The summed E-state index contributed by atoms with van der Waals surface area (Å²) in [7, 11) is 1.26. The summed E-state index contributed by atoms with van der Waals surface area (Å²) in [6, 6.07) is 6.48. The number of aromatic nitrogens is 1. The Morgan fingerprint density at radius 3 is 2.70 bits per heavy atom. The van der Waals surface area contributed by atoms with E-state index in [-0.39, 0.29) is 11.7 Å². The van der Waals surface area contributed by atoms with Gasteiger partial charge in [-0.1, -0.05) is 44.2 Å². The van der Waals surface area contributed by atoms with Crippen molar-refractivity contribution in [3.05, 3.63) is 24.3 Å². The van der Waals surface area contributed by atoms with Gasteiger partial charge in [0.25, 0.3) is 11.1 Å². The molecule has 1 N–H and O–H groups in total. The first-order valence-corrected chi connectivity index (χ1v) is 9.44. The highest BCUT2D eigenvalue weighted by Crippen LogP contribution is 2.23. The first-order valence-electron chi connectivity index (χ1n) is 8.45. The standard InChI is InChI=1S/C18H22N2O6S/c1-4-11(2)16(17(23)24-3)20-14(21)9-25-15(22)10-27-18-19-12-7-5-6-8-13(12)26-18/h5-8,11,16H,4,9-10H2,1-3H3,(H,20,21)/t11-,16+/m1/s1. The predicted molar refractivity (Wildman–Crippen MR) is 99.1 cm³/mol. The Hall–Kier alpha value is -2.55. The molecule has 1 aromatic heterocycles. The average Bonchev–Trinajstić information content (AvgIpc) is 3.10. The van der Waals surface area contributed by atoms with Crippen LogP contribution in [0, 0.1) is 5.92 Å². The molecule has 0 aliphatic heterocycles. The third-order valence-corrected chi connectivity index (χ3v) is 4.74. The van der Waals surface area contributed by atoms with Crippen molar-refractivity contribution in [2.24, 2.45) is 5.92 Å². The Bertz CT molecular complexity index is 773. The molecule has 8 nitrogen and oxygen atoms in total. The normalized spacial score (nSPS) is 13.0. The van der Waals surface area contributed by atoms with Crippen LogP contribution in [-0.2, 0) is 23.9 Å². The molecule has 0 saturated heterocycles. The summed E-state index contributed by atoms with van der Waals surface area (Å²) in [5.74, 6) is -1.84. The van der Waals surface area contributed by atoms with Crippen LogP contribution in [0.2, 0.25) is 0 Å². The highest BCUT2D eigenvalue weighted by atomic mass is 32.2. The molecule has 0 aliphatic rings. The molecular formula is C18H22N2O6S. The van der Waals surface area contributed by atoms with Crippen LogP contribution >= 0.6 is 11.8 Å². The fourth-order valence-electron chi connectivity index (χ4n) is 2.23. The first kappa shape index (κ1) is 20.8. The number of hydrogen-bond donors (Lipinski definition) is 1. The van der Waals surface area contributed by atoms with E-state index in [1.54, 1.807) is 12.1 Å². The van der Waals surface area contributed by atoms with Gasteiger partial charge < -0.3 is 19.2 Å². The Labute approximate surface area is 161 Å². The fraction of sp³-hybridized carbons (Fsp3) is 0.444. The maximum atomic E-state index is 12.0. The monoisotopic (exact) mass is 394 g/mol. The zero-order valence-electron chi connectivity index (χ0n) is 15.4. The van der Waals surface area contributed by atoms with E-state index in [0.29, 0.717) is 22.7 Å². The molecule has 0 spiro atoms. The minimum atomic E-state index is -0.777. The number of esters is 2. The quantitative estimate of drug-likeness (QED) is 0.509. The zero-order chi connectivity index (χ0) is 19.8. The van der Waals surface area contributed by atoms with Crippen molar-refractivity contribution < 1.29 is 28.3 Å². The second kappa shape index (κ2) is 9.96. The number of fused-ring (bicyclic) bond motifs is 1. The molecule has 2 aromatic rings. The van der Waals surface area contributed by atoms with Gasteiger partial charge in [-0.15, -0.1) is 0 Å². The van der Waals surface area contributed by atoms with Gasteiger partial charge in [0.15, 0.2) is 12.2 Å². The highest BCUT2D eigenvalue weighted by Gasteiger charge is 2.27. The Morgan fingerprint density at radius 1 is 1.30 bits per heavy atom. The van der Waals surface area contributed by atoms with Crippen LogP contribution in [0.15, 0.2) is 33.9 Å². The summed E-state index contributed by atoms with van der Waals surface area (Å²) >= 11 is 1.08. The van der Waals surface area contributed by atoms with Crippen molar-refractivity contribution in [1.82, 2.24) is 10.3 Å². The van der Waals surface area contributed by atoms with E-state index in [1.165, 1.54) is 7.11 Å². The number of amides is 1. The van der Waals surface area contributed by atoms with Crippen LogP contribution in [0.1, 0.15) is 20.3 Å². The van der Waals surface area contributed by atoms with E-state index < -0.39 is 30.5 Å². The first-order chi connectivity index (χ1) is 12.9. The van der Waals surface area contributed by atoms with Gasteiger partial charge in [-0.2, -0.15) is 0 Å². The molecule has 2 atom stereocenters. The highest BCUT2D eigenvalue weighted by molar-refractivity contribution is 7.99. The third-order valence-electron chi connectivity index (χ3n) is 3.94. The number of rotatable bonds is 9. The van der Waals surface area contributed by atoms with Crippen molar-refractivity contribution in [3.63, 3.8) is 0 Å².